The maximum atomic E-state index is 12.1. The summed E-state index contributed by atoms with van der Waals surface area (Å²) in [6.07, 6.45) is 12.5. The van der Waals surface area contributed by atoms with Crippen molar-refractivity contribution in [3.63, 3.8) is 0 Å². The molecule has 1 saturated carbocycles. The molecule has 3 rings (SSSR count). The Morgan fingerprint density at radius 1 is 1.09 bits per heavy atom. The van der Waals surface area contributed by atoms with Gasteiger partial charge in [-0.25, -0.2) is 4.79 Å². The smallest absolute Gasteiger partial charge is 0.315 e. The minimum Gasteiger partial charge on any atom is -0.378 e. The van der Waals surface area contributed by atoms with Gasteiger partial charge in [0.1, 0.15) is 0 Å². The highest BCUT2D eigenvalue weighted by Gasteiger charge is 2.36. The van der Waals surface area contributed by atoms with Gasteiger partial charge < -0.3 is 20.3 Å². The SMILES string of the molecule is CN1C2CCCC1CC(NC(=O)NCCCOC1CCCC1)C2. The van der Waals surface area contributed by atoms with Gasteiger partial charge in [0.25, 0.3) is 0 Å². The Morgan fingerprint density at radius 3 is 2.48 bits per heavy atom. The molecule has 2 saturated heterocycles. The lowest BCUT2D eigenvalue weighted by Gasteiger charge is -2.47. The van der Waals surface area contributed by atoms with E-state index in [9.17, 15) is 4.79 Å². The number of hydrogen-bond donors (Lipinski definition) is 2. The molecule has 2 bridgehead atoms. The molecule has 0 spiro atoms. The van der Waals surface area contributed by atoms with Crippen molar-refractivity contribution in [3.8, 4) is 0 Å². The summed E-state index contributed by atoms with van der Waals surface area (Å²) < 4.78 is 5.82. The molecule has 2 atom stereocenters. The molecule has 3 aliphatic rings. The van der Waals surface area contributed by atoms with Crippen molar-refractivity contribution >= 4 is 6.03 Å². The molecule has 2 unspecified atom stereocenters. The van der Waals surface area contributed by atoms with Gasteiger partial charge in [-0.2, -0.15) is 0 Å². The molecule has 23 heavy (non-hydrogen) atoms. The second kappa shape index (κ2) is 8.34. The van der Waals surface area contributed by atoms with E-state index in [1.165, 1.54) is 44.9 Å². The number of carbonyl (C=O) groups excluding carboxylic acids is 1. The van der Waals surface area contributed by atoms with Gasteiger partial charge in [0.05, 0.1) is 6.10 Å². The first kappa shape index (κ1) is 17.0. The van der Waals surface area contributed by atoms with E-state index < -0.39 is 0 Å². The number of fused-ring (bicyclic) bond motifs is 2. The van der Waals surface area contributed by atoms with E-state index in [4.69, 9.17) is 4.74 Å². The predicted molar refractivity (Wildman–Crippen MR) is 91.6 cm³/mol. The zero-order valence-corrected chi connectivity index (χ0v) is 14.6. The minimum absolute atomic E-state index is 0.00140. The number of nitrogens with one attached hydrogen (secondary N) is 2. The Labute approximate surface area is 140 Å². The van der Waals surface area contributed by atoms with Crippen molar-refractivity contribution in [2.45, 2.75) is 88.4 Å². The van der Waals surface area contributed by atoms with E-state index in [2.05, 4.69) is 22.6 Å². The second-order valence-corrected chi connectivity index (χ2v) is 7.60. The number of ether oxygens (including phenoxy) is 1. The molecular weight excluding hydrogens is 290 g/mol. The molecule has 1 aliphatic carbocycles. The van der Waals surface area contributed by atoms with Crippen molar-refractivity contribution in [1.82, 2.24) is 15.5 Å². The Morgan fingerprint density at radius 2 is 1.78 bits per heavy atom. The predicted octanol–water partition coefficient (Wildman–Crippen LogP) is 2.65. The van der Waals surface area contributed by atoms with Crippen LogP contribution in [0.2, 0.25) is 0 Å². The highest BCUT2D eigenvalue weighted by molar-refractivity contribution is 5.74. The molecule has 0 aromatic rings. The van der Waals surface area contributed by atoms with Gasteiger partial charge >= 0.3 is 6.03 Å². The lowest BCUT2D eigenvalue weighted by Crippen LogP contribution is -2.56. The van der Waals surface area contributed by atoms with Gasteiger partial charge in [-0.3, -0.25) is 0 Å². The number of nitrogens with zero attached hydrogens (tertiary/aromatic N) is 1. The van der Waals surface area contributed by atoms with Crippen molar-refractivity contribution in [1.29, 1.82) is 0 Å². The Kier molecular flexibility index (Phi) is 6.17. The van der Waals surface area contributed by atoms with Crippen LogP contribution in [-0.2, 0) is 4.74 Å². The summed E-state index contributed by atoms with van der Waals surface area (Å²) in [6.45, 7) is 1.47. The largest absolute Gasteiger partial charge is 0.378 e. The summed E-state index contributed by atoms with van der Waals surface area (Å²) in [5.41, 5.74) is 0. The zero-order chi connectivity index (χ0) is 16.1. The van der Waals surface area contributed by atoms with Crippen molar-refractivity contribution in [3.05, 3.63) is 0 Å². The van der Waals surface area contributed by atoms with E-state index in [1.807, 2.05) is 0 Å². The molecule has 2 amide bonds. The van der Waals surface area contributed by atoms with E-state index >= 15 is 0 Å². The van der Waals surface area contributed by atoms with Crippen LogP contribution in [0.25, 0.3) is 0 Å². The summed E-state index contributed by atoms with van der Waals surface area (Å²) in [4.78, 5) is 14.6. The number of urea groups is 1. The van der Waals surface area contributed by atoms with Gasteiger partial charge in [-0.15, -0.1) is 0 Å². The quantitative estimate of drug-likeness (QED) is 0.739. The number of hydrogen-bond acceptors (Lipinski definition) is 3. The minimum atomic E-state index is -0.00140. The monoisotopic (exact) mass is 323 g/mol. The molecule has 2 N–H and O–H groups in total. The molecule has 5 heteroatoms. The standard InChI is InChI=1S/C18H33N3O2/c1-21-15-6-4-7-16(21)13-14(12-15)20-18(22)19-10-5-11-23-17-8-2-3-9-17/h14-17H,2-13H2,1H3,(H2,19,20,22). The van der Waals surface area contributed by atoms with Crippen molar-refractivity contribution in [2.75, 3.05) is 20.2 Å². The molecule has 2 heterocycles. The third-order valence-electron chi connectivity index (χ3n) is 5.94. The first-order valence-corrected chi connectivity index (χ1v) is 9.60. The van der Waals surface area contributed by atoms with Crippen LogP contribution in [0.15, 0.2) is 0 Å². The average molecular weight is 323 g/mol. The van der Waals surface area contributed by atoms with Crippen LogP contribution < -0.4 is 10.6 Å². The molecule has 2 aliphatic heterocycles. The molecule has 3 fully saturated rings. The fourth-order valence-electron chi connectivity index (χ4n) is 4.55. The topological polar surface area (TPSA) is 53.6 Å². The third-order valence-corrected chi connectivity index (χ3v) is 5.94. The average Bonchev–Trinajstić information content (AvgIpc) is 3.01. The summed E-state index contributed by atoms with van der Waals surface area (Å²) in [5.74, 6) is 0. The Bertz CT molecular complexity index is 370. The first-order valence-electron chi connectivity index (χ1n) is 9.60. The number of piperidine rings is 2. The zero-order valence-electron chi connectivity index (χ0n) is 14.6. The van der Waals surface area contributed by atoms with Crippen LogP contribution in [0.3, 0.4) is 0 Å². The maximum Gasteiger partial charge on any atom is 0.315 e. The fraction of sp³-hybridized carbons (Fsp3) is 0.944. The molecule has 0 aromatic carbocycles. The molecule has 132 valence electrons. The first-order chi connectivity index (χ1) is 11.2. The number of rotatable bonds is 6. The van der Waals surface area contributed by atoms with Crippen LogP contribution in [0.5, 0.6) is 0 Å². The van der Waals surface area contributed by atoms with Crippen LogP contribution in [0.4, 0.5) is 4.79 Å². The van der Waals surface area contributed by atoms with E-state index in [1.54, 1.807) is 0 Å². The summed E-state index contributed by atoms with van der Waals surface area (Å²) >= 11 is 0. The number of carbonyl (C=O) groups is 1. The number of amides is 2. The highest BCUT2D eigenvalue weighted by atomic mass is 16.5. The van der Waals surface area contributed by atoms with Gasteiger partial charge in [0, 0.05) is 31.3 Å². The summed E-state index contributed by atoms with van der Waals surface area (Å²) in [7, 11) is 2.25. The van der Waals surface area contributed by atoms with Crippen molar-refractivity contribution < 1.29 is 9.53 Å². The molecule has 0 radical (unpaired) electrons. The molecular formula is C18H33N3O2. The Balaban J connectivity index is 1.27. The van der Waals surface area contributed by atoms with Crippen LogP contribution in [0.1, 0.15) is 64.2 Å². The van der Waals surface area contributed by atoms with E-state index in [0.29, 0.717) is 30.8 Å². The van der Waals surface area contributed by atoms with E-state index in [-0.39, 0.29) is 6.03 Å². The summed E-state index contributed by atoms with van der Waals surface area (Å²) in [5, 5.41) is 6.17. The van der Waals surface area contributed by atoms with E-state index in [0.717, 1.165) is 25.9 Å². The summed E-state index contributed by atoms with van der Waals surface area (Å²) in [6, 6.07) is 1.66. The lowest BCUT2D eigenvalue weighted by atomic mass is 9.82. The maximum absolute atomic E-state index is 12.1. The van der Waals surface area contributed by atoms with Crippen molar-refractivity contribution in [2.24, 2.45) is 0 Å². The van der Waals surface area contributed by atoms with Crippen LogP contribution >= 0.6 is 0 Å². The lowest BCUT2D eigenvalue weighted by molar-refractivity contribution is 0.0505. The van der Waals surface area contributed by atoms with Gasteiger partial charge in [0.2, 0.25) is 0 Å². The van der Waals surface area contributed by atoms with Crippen LogP contribution in [-0.4, -0.2) is 55.4 Å². The molecule has 0 aromatic heterocycles. The fourth-order valence-corrected chi connectivity index (χ4v) is 4.55. The normalized spacial score (nSPS) is 32.0. The van der Waals surface area contributed by atoms with Gasteiger partial charge in [-0.1, -0.05) is 19.3 Å². The van der Waals surface area contributed by atoms with Gasteiger partial charge in [0.15, 0.2) is 0 Å². The Hall–Kier alpha value is -0.810. The molecule has 5 nitrogen and oxygen atoms in total. The van der Waals surface area contributed by atoms with Crippen LogP contribution in [0, 0.1) is 0 Å². The third kappa shape index (κ3) is 4.83. The highest BCUT2D eigenvalue weighted by Crippen LogP contribution is 2.32. The second-order valence-electron chi connectivity index (χ2n) is 7.60. The van der Waals surface area contributed by atoms with Gasteiger partial charge in [-0.05, 0) is 52.0 Å².